The molecular weight excluding hydrogens is 361 g/mol. The minimum absolute atomic E-state index is 0.0464. The standard InChI is InChI=1S/C16H18FN5O3S/c17-10-7-13-14(8-12(10)21-2-5-26-6-3-21)24-4-1-11-15(9-19-20-18)25-16(23)22(11)13/h7-8,11,15H,1-6,9H2/t11-,15-/m1/s1. The van der Waals surface area contributed by atoms with Gasteiger partial charge in [-0.3, -0.25) is 4.90 Å². The third-order valence-electron chi connectivity index (χ3n) is 4.85. The topological polar surface area (TPSA) is 90.8 Å². The summed E-state index contributed by atoms with van der Waals surface area (Å²) in [4.78, 5) is 18.5. The smallest absolute Gasteiger partial charge is 0.415 e. The first-order chi connectivity index (χ1) is 12.7. The van der Waals surface area contributed by atoms with E-state index in [-0.39, 0.29) is 18.4 Å². The number of anilines is 2. The third kappa shape index (κ3) is 2.99. The van der Waals surface area contributed by atoms with Crippen LogP contribution in [-0.4, -0.2) is 56.0 Å². The number of benzene rings is 1. The Balaban J connectivity index is 1.68. The lowest BCUT2D eigenvalue weighted by molar-refractivity contribution is 0.131. The number of ether oxygens (including phenoxy) is 2. The highest BCUT2D eigenvalue weighted by molar-refractivity contribution is 7.99. The molecule has 0 aliphatic carbocycles. The molecule has 0 aromatic heterocycles. The minimum atomic E-state index is -0.568. The van der Waals surface area contributed by atoms with Crippen LogP contribution in [0.3, 0.4) is 0 Å². The fourth-order valence-electron chi connectivity index (χ4n) is 3.61. The van der Waals surface area contributed by atoms with Gasteiger partial charge in [-0.1, -0.05) is 5.11 Å². The average Bonchev–Trinajstić information content (AvgIpc) is 2.84. The zero-order chi connectivity index (χ0) is 18.1. The predicted molar refractivity (Wildman–Crippen MR) is 96.6 cm³/mol. The summed E-state index contributed by atoms with van der Waals surface area (Å²) in [5.74, 6) is 2.01. The van der Waals surface area contributed by atoms with Crippen molar-refractivity contribution in [2.45, 2.75) is 18.6 Å². The Kier molecular flexibility index (Phi) is 4.69. The van der Waals surface area contributed by atoms with Gasteiger partial charge in [0.05, 0.1) is 30.6 Å². The van der Waals surface area contributed by atoms with Crippen LogP contribution >= 0.6 is 11.8 Å². The molecule has 26 heavy (non-hydrogen) atoms. The Bertz CT molecular complexity index is 766. The third-order valence-corrected chi connectivity index (χ3v) is 5.79. The number of amides is 1. The van der Waals surface area contributed by atoms with E-state index in [2.05, 4.69) is 10.0 Å². The van der Waals surface area contributed by atoms with E-state index in [1.807, 2.05) is 16.7 Å². The van der Waals surface area contributed by atoms with Gasteiger partial charge in [0.25, 0.3) is 0 Å². The highest BCUT2D eigenvalue weighted by atomic mass is 32.2. The minimum Gasteiger partial charge on any atom is -0.491 e. The maximum atomic E-state index is 14.8. The molecule has 1 amide bonds. The quantitative estimate of drug-likeness (QED) is 0.457. The van der Waals surface area contributed by atoms with Gasteiger partial charge < -0.3 is 14.4 Å². The number of azide groups is 1. The summed E-state index contributed by atoms with van der Waals surface area (Å²) < 4.78 is 26.0. The number of nitrogens with zero attached hydrogens (tertiary/aromatic N) is 5. The summed E-state index contributed by atoms with van der Waals surface area (Å²) in [6, 6.07) is 2.69. The van der Waals surface area contributed by atoms with Crippen molar-refractivity contribution in [2.24, 2.45) is 5.11 Å². The summed E-state index contributed by atoms with van der Waals surface area (Å²) in [6.07, 6.45) is -0.611. The second kappa shape index (κ2) is 7.13. The van der Waals surface area contributed by atoms with Crippen molar-refractivity contribution in [3.63, 3.8) is 0 Å². The second-order valence-electron chi connectivity index (χ2n) is 6.28. The highest BCUT2D eigenvalue weighted by Gasteiger charge is 2.44. The number of thioether (sulfide) groups is 1. The molecule has 0 N–H and O–H groups in total. The van der Waals surface area contributed by atoms with Crippen molar-refractivity contribution in [3.8, 4) is 5.75 Å². The van der Waals surface area contributed by atoms with Crippen LogP contribution in [0.15, 0.2) is 17.2 Å². The average molecular weight is 379 g/mol. The number of halogens is 1. The van der Waals surface area contributed by atoms with Crippen LogP contribution < -0.4 is 14.5 Å². The van der Waals surface area contributed by atoms with Gasteiger partial charge in [0.2, 0.25) is 0 Å². The van der Waals surface area contributed by atoms with E-state index in [0.29, 0.717) is 30.2 Å². The molecule has 3 aliphatic rings. The highest BCUT2D eigenvalue weighted by Crippen LogP contribution is 2.42. The fourth-order valence-corrected chi connectivity index (χ4v) is 4.51. The number of carbonyl (C=O) groups is 1. The molecule has 3 heterocycles. The van der Waals surface area contributed by atoms with Crippen molar-refractivity contribution in [1.82, 2.24) is 0 Å². The van der Waals surface area contributed by atoms with Crippen LogP contribution in [0.25, 0.3) is 10.4 Å². The number of fused-ring (bicyclic) bond motifs is 3. The molecule has 4 rings (SSSR count). The van der Waals surface area contributed by atoms with E-state index in [9.17, 15) is 9.18 Å². The Morgan fingerprint density at radius 2 is 2.15 bits per heavy atom. The van der Waals surface area contributed by atoms with E-state index < -0.39 is 12.2 Å². The summed E-state index contributed by atoms with van der Waals surface area (Å²) >= 11 is 1.85. The van der Waals surface area contributed by atoms with Gasteiger partial charge in [0.1, 0.15) is 17.7 Å². The van der Waals surface area contributed by atoms with Gasteiger partial charge >= 0.3 is 6.09 Å². The Morgan fingerprint density at radius 3 is 2.92 bits per heavy atom. The molecule has 10 heteroatoms. The molecule has 3 aliphatic heterocycles. The molecule has 2 fully saturated rings. The van der Waals surface area contributed by atoms with E-state index in [1.54, 1.807) is 6.07 Å². The van der Waals surface area contributed by atoms with E-state index in [0.717, 1.165) is 24.6 Å². The Hall–Kier alpha value is -2.32. The van der Waals surface area contributed by atoms with E-state index in [1.165, 1.54) is 11.0 Å². The number of rotatable bonds is 3. The van der Waals surface area contributed by atoms with Crippen molar-refractivity contribution in [1.29, 1.82) is 0 Å². The predicted octanol–water partition coefficient (Wildman–Crippen LogP) is 3.17. The maximum Gasteiger partial charge on any atom is 0.415 e. The molecular formula is C16H18FN5O3S. The van der Waals surface area contributed by atoms with Crippen LogP contribution in [0.5, 0.6) is 5.75 Å². The van der Waals surface area contributed by atoms with Crippen molar-refractivity contribution >= 4 is 29.2 Å². The first-order valence-electron chi connectivity index (χ1n) is 8.49. The van der Waals surface area contributed by atoms with Crippen molar-refractivity contribution in [2.75, 3.05) is 47.5 Å². The SMILES string of the molecule is [N-]=[N+]=NC[C@H]1OC(=O)N2c3cc(F)c(N4CCSCC4)cc3OCC[C@H]12. The molecule has 2 atom stereocenters. The van der Waals surface area contributed by atoms with Gasteiger partial charge in [-0.25, -0.2) is 9.18 Å². The van der Waals surface area contributed by atoms with E-state index >= 15 is 0 Å². The monoisotopic (exact) mass is 379 g/mol. The van der Waals surface area contributed by atoms with Crippen LogP contribution in [-0.2, 0) is 4.74 Å². The fraction of sp³-hybridized carbons (Fsp3) is 0.562. The molecule has 2 saturated heterocycles. The molecule has 0 saturated carbocycles. The molecule has 0 spiro atoms. The van der Waals surface area contributed by atoms with Crippen LogP contribution in [0.1, 0.15) is 6.42 Å². The Morgan fingerprint density at radius 1 is 1.35 bits per heavy atom. The van der Waals surface area contributed by atoms with Gasteiger partial charge in [-0.15, -0.1) is 0 Å². The molecule has 1 aromatic rings. The summed E-state index contributed by atoms with van der Waals surface area (Å²) in [7, 11) is 0. The van der Waals surface area contributed by atoms with Gasteiger partial charge in [0.15, 0.2) is 0 Å². The zero-order valence-electron chi connectivity index (χ0n) is 14.0. The lowest BCUT2D eigenvalue weighted by Gasteiger charge is -2.30. The van der Waals surface area contributed by atoms with Crippen LogP contribution in [0, 0.1) is 5.82 Å². The lowest BCUT2D eigenvalue weighted by Crippen LogP contribution is -2.37. The van der Waals surface area contributed by atoms with Crippen LogP contribution in [0.4, 0.5) is 20.6 Å². The number of hydrogen-bond acceptors (Lipinski definition) is 6. The Labute approximate surface area is 153 Å². The van der Waals surface area contributed by atoms with Gasteiger partial charge in [0, 0.05) is 48.1 Å². The lowest BCUT2D eigenvalue weighted by atomic mass is 10.1. The summed E-state index contributed by atoms with van der Waals surface area (Å²) in [5.41, 5.74) is 9.39. The molecule has 1 aromatic carbocycles. The molecule has 8 nitrogen and oxygen atoms in total. The van der Waals surface area contributed by atoms with Crippen LogP contribution in [0.2, 0.25) is 0 Å². The zero-order valence-corrected chi connectivity index (χ0v) is 14.8. The molecule has 0 radical (unpaired) electrons. The van der Waals surface area contributed by atoms with Gasteiger partial charge in [-0.2, -0.15) is 11.8 Å². The van der Waals surface area contributed by atoms with Crippen molar-refractivity contribution in [3.05, 3.63) is 28.4 Å². The largest absolute Gasteiger partial charge is 0.491 e. The normalized spacial score (nSPS) is 24.7. The maximum absolute atomic E-state index is 14.8. The van der Waals surface area contributed by atoms with Crippen molar-refractivity contribution < 1.29 is 18.7 Å². The first kappa shape index (κ1) is 17.1. The number of hydrogen-bond donors (Lipinski definition) is 0. The number of cyclic esters (lactones) is 1. The first-order valence-corrected chi connectivity index (χ1v) is 9.64. The summed E-state index contributed by atoms with van der Waals surface area (Å²) in [5, 5.41) is 3.51. The van der Waals surface area contributed by atoms with E-state index in [4.69, 9.17) is 15.0 Å². The molecule has 0 unspecified atom stereocenters. The molecule has 0 bridgehead atoms. The number of carbonyl (C=O) groups excluding carboxylic acids is 1. The summed E-state index contributed by atoms with van der Waals surface area (Å²) in [6.45, 7) is 1.98. The molecule has 138 valence electrons. The van der Waals surface area contributed by atoms with Gasteiger partial charge in [-0.05, 0) is 5.53 Å². The second-order valence-corrected chi connectivity index (χ2v) is 7.51.